The second-order valence-corrected chi connectivity index (χ2v) is 5.50. The van der Waals surface area contributed by atoms with E-state index in [0.717, 1.165) is 51.0 Å². The van der Waals surface area contributed by atoms with Gasteiger partial charge in [-0.1, -0.05) is 6.92 Å². The van der Waals surface area contributed by atoms with Crippen molar-refractivity contribution in [1.29, 1.82) is 0 Å². The minimum Gasteiger partial charge on any atom is -0.469 e. The van der Waals surface area contributed by atoms with Crippen molar-refractivity contribution in [2.45, 2.75) is 45.1 Å². The Labute approximate surface area is 126 Å². The fourth-order valence-electron chi connectivity index (χ4n) is 2.57. The van der Waals surface area contributed by atoms with Crippen molar-refractivity contribution >= 4 is 6.03 Å². The Morgan fingerprint density at radius 3 is 3.24 bits per heavy atom. The van der Waals surface area contributed by atoms with Crippen LogP contribution < -0.4 is 5.32 Å². The molecule has 1 N–H and O–H groups in total. The Bertz CT molecular complexity index is 406. The first-order valence-corrected chi connectivity index (χ1v) is 7.96. The summed E-state index contributed by atoms with van der Waals surface area (Å²) >= 11 is 0. The Hall–Kier alpha value is -1.49. The molecule has 2 amide bonds. The number of carbonyl (C=O) groups excluding carboxylic acids is 1. The van der Waals surface area contributed by atoms with Crippen LogP contribution in [-0.2, 0) is 11.2 Å². The third kappa shape index (κ3) is 5.42. The van der Waals surface area contributed by atoms with Gasteiger partial charge in [0, 0.05) is 32.7 Å². The van der Waals surface area contributed by atoms with E-state index in [-0.39, 0.29) is 12.1 Å². The molecule has 2 heterocycles. The Balaban J connectivity index is 1.63. The van der Waals surface area contributed by atoms with Gasteiger partial charge in [0.2, 0.25) is 0 Å². The maximum Gasteiger partial charge on any atom is 0.317 e. The summed E-state index contributed by atoms with van der Waals surface area (Å²) in [6.45, 7) is 5.10. The summed E-state index contributed by atoms with van der Waals surface area (Å²) in [5.41, 5.74) is 0. The van der Waals surface area contributed by atoms with E-state index in [9.17, 15) is 4.79 Å². The molecular formula is C16H26N2O3. The third-order valence-corrected chi connectivity index (χ3v) is 3.68. The van der Waals surface area contributed by atoms with E-state index in [4.69, 9.17) is 9.15 Å². The summed E-state index contributed by atoms with van der Waals surface area (Å²) in [6, 6.07) is 3.87. The Kier molecular flexibility index (Phi) is 6.60. The molecule has 0 unspecified atom stereocenters. The number of ether oxygens (including phenoxy) is 1. The zero-order valence-corrected chi connectivity index (χ0v) is 12.8. The normalized spacial score (nSPS) is 18.7. The van der Waals surface area contributed by atoms with Crippen LogP contribution in [0.4, 0.5) is 4.79 Å². The number of hydrogen-bond donors (Lipinski definition) is 1. The fourth-order valence-corrected chi connectivity index (χ4v) is 2.57. The number of carbonyl (C=O) groups is 1. The molecular weight excluding hydrogens is 268 g/mol. The molecule has 1 aliphatic heterocycles. The van der Waals surface area contributed by atoms with Crippen LogP contribution in [0, 0.1) is 0 Å². The standard InChI is InChI=1S/C16H26N2O3/c1-2-11-20-15-7-4-10-18(13-15)16(19)17-9-3-6-14-8-5-12-21-14/h5,8,12,15H,2-4,6-7,9-11,13H2,1H3,(H,17,19)/t15-/m1/s1. The quantitative estimate of drug-likeness (QED) is 0.787. The van der Waals surface area contributed by atoms with Crippen LogP contribution in [0.5, 0.6) is 0 Å². The Morgan fingerprint density at radius 1 is 1.57 bits per heavy atom. The number of likely N-dealkylation sites (tertiary alicyclic amines) is 1. The predicted octanol–water partition coefficient (Wildman–Crippen LogP) is 2.81. The monoisotopic (exact) mass is 294 g/mol. The maximum atomic E-state index is 12.1. The number of hydrogen-bond acceptors (Lipinski definition) is 3. The zero-order valence-electron chi connectivity index (χ0n) is 12.8. The van der Waals surface area contributed by atoms with E-state index >= 15 is 0 Å². The smallest absolute Gasteiger partial charge is 0.317 e. The van der Waals surface area contributed by atoms with Crippen LogP contribution in [0.15, 0.2) is 22.8 Å². The highest BCUT2D eigenvalue weighted by atomic mass is 16.5. The molecule has 1 atom stereocenters. The van der Waals surface area contributed by atoms with E-state index in [1.54, 1.807) is 6.26 Å². The highest BCUT2D eigenvalue weighted by Crippen LogP contribution is 2.13. The molecule has 0 bridgehead atoms. The summed E-state index contributed by atoms with van der Waals surface area (Å²) < 4.78 is 11.0. The lowest BCUT2D eigenvalue weighted by Crippen LogP contribution is -2.48. The summed E-state index contributed by atoms with van der Waals surface area (Å²) in [5, 5.41) is 2.98. The van der Waals surface area contributed by atoms with Gasteiger partial charge in [-0.25, -0.2) is 4.79 Å². The molecule has 0 spiro atoms. The van der Waals surface area contributed by atoms with Crippen molar-refractivity contribution in [2.75, 3.05) is 26.2 Å². The van der Waals surface area contributed by atoms with Gasteiger partial charge < -0.3 is 19.4 Å². The number of aryl methyl sites for hydroxylation is 1. The van der Waals surface area contributed by atoms with E-state index in [2.05, 4.69) is 12.2 Å². The van der Waals surface area contributed by atoms with Gasteiger partial charge >= 0.3 is 6.03 Å². The summed E-state index contributed by atoms with van der Waals surface area (Å²) in [6.07, 6.45) is 6.73. The fraction of sp³-hybridized carbons (Fsp3) is 0.688. The lowest BCUT2D eigenvalue weighted by molar-refractivity contribution is 0.0101. The van der Waals surface area contributed by atoms with Crippen molar-refractivity contribution in [3.05, 3.63) is 24.2 Å². The lowest BCUT2D eigenvalue weighted by Gasteiger charge is -2.32. The highest BCUT2D eigenvalue weighted by molar-refractivity contribution is 5.74. The van der Waals surface area contributed by atoms with E-state index in [0.29, 0.717) is 13.1 Å². The van der Waals surface area contributed by atoms with E-state index in [1.807, 2.05) is 17.0 Å². The zero-order chi connectivity index (χ0) is 14.9. The van der Waals surface area contributed by atoms with Gasteiger partial charge in [-0.2, -0.15) is 0 Å². The van der Waals surface area contributed by atoms with Gasteiger partial charge in [0.1, 0.15) is 5.76 Å². The number of rotatable bonds is 7. The molecule has 0 aromatic carbocycles. The molecule has 0 radical (unpaired) electrons. The van der Waals surface area contributed by atoms with Crippen LogP contribution in [-0.4, -0.2) is 43.3 Å². The van der Waals surface area contributed by atoms with Gasteiger partial charge in [0.25, 0.3) is 0 Å². The first kappa shape index (κ1) is 15.9. The number of furan rings is 1. The van der Waals surface area contributed by atoms with Crippen molar-refractivity contribution in [3.8, 4) is 0 Å². The number of nitrogens with one attached hydrogen (secondary N) is 1. The predicted molar refractivity (Wildman–Crippen MR) is 81.3 cm³/mol. The van der Waals surface area contributed by atoms with Crippen molar-refractivity contribution in [2.24, 2.45) is 0 Å². The second-order valence-electron chi connectivity index (χ2n) is 5.50. The molecule has 1 saturated heterocycles. The van der Waals surface area contributed by atoms with Crippen molar-refractivity contribution in [1.82, 2.24) is 10.2 Å². The largest absolute Gasteiger partial charge is 0.469 e. The first-order valence-electron chi connectivity index (χ1n) is 7.96. The first-order chi connectivity index (χ1) is 10.3. The third-order valence-electron chi connectivity index (χ3n) is 3.68. The molecule has 118 valence electrons. The van der Waals surface area contributed by atoms with Gasteiger partial charge in [-0.3, -0.25) is 0 Å². The second kappa shape index (κ2) is 8.72. The van der Waals surface area contributed by atoms with E-state index in [1.165, 1.54) is 0 Å². The molecule has 0 saturated carbocycles. The number of nitrogens with zero attached hydrogens (tertiary/aromatic N) is 1. The molecule has 5 heteroatoms. The summed E-state index contributed by atoms with van der Waals surface area (Å²) in [7, 11) is 0. The number of amides is 2. The molecule has 0 aliphatic carbocycles. The van der Waals surface area contributed by atoms with Gasteiger partial charge in [-0.15, -0.1) is 0 Å². The van der Waals surface area contributed by atoms with E-state index < -0.39 is 0 Å². The molecule has 1 fully saturated rings. The summed E-state index contributed by atoms with van der Waals surface area (Å²) in [4.78, 5) is 14.0. The number of piperidine rings is 1. The molecule has 5 nitrogen and oxygen atoms in total. The molecule has 2 rings (SSSR count). The van der Waals surface area contributed by atoms with Gasteiger partial charge in [0.15, 0.2) is 0 Å². The lowest BCUT2D eigenvalue weighted by atomic mass is 10.1. The molecule has 1 aromatic rings. The highest BCUT2D eigenvalue weighted by Gasteiger charge is 2.23. The van der Waals surface area contributed by atoms with Crippen molar-refractivity contribution < 1.29 is 13.9 Å². The maximum absolute atomic E-state index is 12.1. The van der Waals surface area contributed by atoms with Crippen LogP contribution in [0.25, 0.3) is 0 Å². The average molecular weight is 294 g/mol. The summed E-state index contributed by atoms with van der Waals surface area (Å²) in [5.74, 6) is 0.968. The van der Waals surface area contributed by atoms with Crippen LogP contribution in [0.1, 0.15) is 38.4 Å². The molecule has 21 heavy (non-hydrogen) atoms. The molecule has 1 aliphatic rings. The van der Waals surface area contributed by atoms with Crippen LogP contribution in [0.3, 0.4) is 0 Å². The molecule has 1 aromatic heterocycles. The average Bonchev–Trinajstić information content (AvgIpc) is 3.03. The number of urea groups is 1. The van der Waals surface area contributed by atoms with Crippen LogP contribution in [0.2, 0.25) is 0 Å². The van der Waals surface area contributed by atoms with Crippen molar-refractivity contribution in [3.63, 3.8) is 0 Å². The van der Waals surface area contributed by atoms with Gasteiger partial charge in [0.05, 0.1) is 12.4 Å². The Morgan fingerprint density at radius 2 is 2.48 bits per heavy atom. The minimum absolute atomic E-state index is 0.0271. The van der Waals surface area contributed by atoms with Gasteiger partial charge in [-0.05, 0) is 37.8 Å². The minimum atomic E-state index is 0.0271. The SMILES string of the molecule is CCCO[C@@H]1CCCN(C(=O)NCCCc2ccco2)C1. The topological polar surface area (TPSA) is 54.7 Å². The van der Waals surface area contributed by atoms with Crippen LogP contribution >= 0.6 is 0 Å².